The monoisotopic (exact) mass is 256 g/mol. The highest BCUT2D eigenvalue weighted by atomic mass is 16.5. The molecule has 0 saturated heterocycles. The number of ether oxygens (including phenoxy) is 1. The van der Waals surface area contributed by atoms with Crippen molar-refractivity contribution in [1.82, 2.24) is 10.2 Å². The van der Waals surface area contributed by atoms with Crippen molar-refractivity contribution in [2.24, 2.45) is 5.92 Å². The number of nitrogens with one attached hydrogen (secondary N) is 1. The summed E-state index contributed by atoms with van der Waals surface area (Å²) >= 11 is 0. The second-order valence-electron chi connectivity index (χ2n) is 5.68. The van der Waals surface area contributed by atoms with E-state index >= 15 is 0 Å². The standard InChI is InChI=1S/C15H32N2O/c1-5-13(2)17(10-11-18-4)12-14-8-6-7-9-15(14)16-3/h13-16H,5-12H2,1-4H3. The maximum atomic E-state index is 5.25. The van der Waals surface area contributed by atoms with Gasteiger partial charge in [0, 0.05) is 32.3 Å². The van der Waals surface area contributed by atoms with Gasteiger partial charge in [0.2, 0.25) is 0 Å². The normalized spacial score (nSPS) is 26.5. The first-order valence-electron chi connectivity index (χ1n) is 7.63. The Kier molecular flexibility index (Phi) is 7.87. The fourth-order valence-electron chi connectivity index (χ4n) is 3.07. The topological polar surface area (TPSA) is 24.5 Å². The molecule has 0 aromatic heterocycles. The van der Waals surface area contributed by atoms with Crippen molar-refractivity contribution in [2.75, 3.05) is 33.9 Å². The molecule has 0 amide bonds. The number of rotatable bonds is 8. The number of nitrogens with zero attached hydrogens (tertiary/aromatic N) is 1. The maximum Gasteiger partial charge on any atom is 0.0589 e. The van der Waals surface area contributed by atoms with Crippen LogP contribution in [0.15, 0.2) is 0 Å². The Balaban J connectivity index is 2.51. The number of hydrogen-bond donors (Lipinski definition) is 1. The molecule has 0 aliphatic heterocycles. The molecule has 3 heteroatoms. The molecule has 0 aromatic carbocycles. The van der Waals surface area contributed by atoms with Crippen molar-refractivity contribution in [3.63, 3.8) is 0 Å². The van der Waals surface area contributed by atoms with Crippen LogP contribution in [0.4, 0.5) is 0 Å². The van der Waals surface area contributed by atoms with Gasteiger partial charge in [-0.15, -0.1) is 0 Å². The second-order valence-corrected chi connectivity index (χ2v) is 5.68. The summed E-state index contributed by atoms with van der Waals surface area (Å²) in [4.78, 5) is 2.61. The van der Waals surface area contributed by atoms with Crippen molar-refractivity contribution in [3.05, 3.63) is 0 Å². The van der Waals surface area contributed by atoms with E-state index in [0.717, 1.165) is 19.1 Å². The summed E-state index contributed by atoms with van der Waals surface area (Å²) in [5.74, 6) is 0.814. The predicted molar refractivity (Wildman–Crippen MR) is 78.0 cm³/mol. The van der Waals surface area contributed by atoms with Gasteiger partial charge in [0.1, 0.15) is 0 Å². The van der Waals surface area contributed by atoms with E-state index in [1.807, 2.05) is 0 Å². The molecule has 1 aliphatic carbocycles. The second kappa shape index (κ2) is 8.89. The van der Waals surface area contributed by atoms with Gasteiger partial charge in [0.05, 0.1) is 6.61 Å². The average Bonchev–Trinajstić information content (AvgIpc) is 2.42. The molecule has 108 valence electrons. The van der Waals surface area contributed by atoms with Crippen LogP contribution >= 0.6 is 0 Å². The van der Waals surface area contributed by atoms with Gasteiger partial charge in [0.25, 0.3) is 0 Å². The highest BCUT2D eigenvalue weighted by molar-refractivity contribution is 4.83. The molecule has 0 radical (unpaired) electrons. The van der Waals surface area contributed by atoms with E-state index < -0.39 is 0 Å². The molecule has 3 atom stereocenters. The van der Waals surface area contributed by atoms with Crippen LogP contribution in [-0.2, 0) is 4.74 Å². The average molecular weight is 256 g/mol. The van der Waals surface area contributed by atoms with Crippen LogP contribution in [-0.4, -0.2) is 50.8 Å². The van der Waals surface area contributed by atoms with Gasteiger partial charge in [0.15, 0.2) is 0 Å². The quantitative estimate of drug-likeness (QED) is 0.722. The van der Waals surface area contributed by atoms with E-state index in [2.05, 4.69) is 31.1 Å². The minimum Gasteiger partial charge on any atom is -0.383 e. The lowest BCUT2D eigenvalue weighted by atomic mass is 9.84. The van der Waals surface area contributed by atoms with Gasteiger partial charge in [-0.25, -0.2) is 0 Å². The SMILES string of the molecule is CCC(C)N(CCOC)CC1CCCCC1NC. The highest BCUT2D eigenvalue weighted by Crippen LogP contribution is 2.25. The van der Waals surface area contributed by atoms with Crippen LogP contribution in [0.5, 0.6) is 0 Å². The Morgan fingerprint density at radius 3 is 2.67 bits per heavy atom. The first-order valence-corrected chi connectivity index (χ1v) is 7.63. The third kappa shape index (κ3) is 4.87. The molecule has 1 fully saturated rings. The molecule has 3 nitrogen and oxygen atoms in total. The van der Waals surface area contributed by atoms with Crippen molar-refractivity contribution in [1.29, 1.82) is 0 Å². The molecule has 1 saturated carbocycles. The summed E-state index contributed by atoms with van der Waals surface area (Å²) in [6.45, 7) is 7.76. The van der Waals surface area contributed by atoms with Crippen molar-refractivity contribution < 1.29 is 4.74 Å². The van der Waals surface area contributed by atoms with E-state index in [1.54, 1.807) is 7.11 Å². The van der Waals surface area contributed by atoms with Crippen LogP contribution in [0.3, 0.4) is 0 Å². The lowest BCUT2D eigenvalue weighted by Gasteiger charge is -2.37. The van der Waals surface area contributed by atoms with Gasteiger partial charge in [-0.1, -0.05) is 19.8 Å². The molecule has 1 N–H and O–H groups in total. The van der Waals surface area contributed by atoms with E-state index in [9.17, 15) is 0 Å². The number of hydrogen-bond acceptors (Lipinski definition) is 3. The fourth-order valence-corrected chi connectivity index (χ4v) is 3.07. The molecule has 0 bridgehead atoms. The number of methoxy groups -OCH3 is 1. The maximum absolute atomic E-state index is 5.25. The summed E-state index contributed by atoms with van der Waals surface area (Å²) in [7, 11) is 3.91. The summed E-state index contributed by atoms with van der Waals surface area (Å²) in [6, 6.07) is 1.38. The molecule has 3 unspecified atom stereocenters. The minimum atomic E-state index is 0.666. The van der Waals surface area contributed by atoms with E-state index in [1.165, 1.54) is 38.6 Å². The van der Waals surface area contributed by atoms with Gasteiger partial charge < -0.3 is 10.1 Å². The molecule has 18 heavy (non-hydrogen) atoms. The fraction of sp³-hybridized carbons (Fsp3) is 1.00. The molecule has 0 spiro atoms. The lowest BCUT2D eigenvalue weighted by Crippen LogP contribution is -2.46. The molecule has 0 heterocycles. The highest BCUT2D eigenvalue weighted by Gasteiger charge is 2.26. The van der Waals surface area contributed by atoms with Crippen molar-refractivity contribution in [3.8, 4) is 0 Å². The van der Waals surface area contributed by atoms with Gasteiger partial charge in [-0.2, -0.15) is 0 Å². The summed E-state index contributed by atoms with van der Waals surface area (Å²) in [6.07, 6.45) is 6.75. The summed E-state index contributed by atoms with van der Waals surface area (Å²) in [5, 5.41) is 3.51. The summed E-state index contributed by atoms with van der Waals surface area (Å²) < 4.78 is 5.25. The van der Waals surface area contributed by atoms with E-state index in [0.29, 0.717) is 12.1 Å². The Bertz CT molecular complexity index is 211. The van der Waals surface area contributed by atoms with Crippen LogP contribution in [0.25, 0.3) is 0 Å². The zero-order chi connectivity index (χ0) is 13.4. The molecule has 1 aliphatic rings. The Morgan fingerprint density at radius 1 is 1.33 bits per heavy atom. The van der Waals surface area contributed by atoms with Crippen LogP contribution in [0.1, 0.15) is 46.0 Å². The Labute approximate surface area is 113 Å². The smallest absolute Gasteiger partial charge is 0.0589 e. The molecule has 1 rings (SSSR count). The van der Waals surface area contributed by atoms with E-state index in [-0.39, 0.29) is 0 Å². The van der Waals surface area contributed by atoms with Crippen molar-refractivity contribution in [2.45, 2.75) is 58.0 Å². The minimum absolute atomic E-state index is 0.666. The molecule has 0 aromatic rings. The largest absolute Gasteiger partial charge is 0.383 e. The van der Waals surface area contributed by atoms with Crippen LogP contribution in [0, 0.1) is 5.92 Å². The zero-order valence-corrected chi connectivity index (χ0v) is 12.7. The van der Waals surface area contributed by atoms with Crippen molar-refractivity contribution >= 4 is 0 Å². The third-order valence-corrected chi connectivity index (χ3v) is 4.55. The van der Waals surface area contributed by atoms with Gasteiger partial charge in [-0.3, -0.25) is 4.90 Å². The van der Waals surface area contributed by atoms with Gasteiger partial charge in [-0.05, 0) is 39.2 Å². The van der Waals surface area contributed by atoms with Crippen LogP contribution < -0.4 is 5.32 Å². The third-order valence-electron chi connectivity index (χ3n) is 4.55. The Hall–Kier alpha value is -0.120. The first-order chi connectivity index (χ1) is 8.72. The van der Waals surface area contributed by atoms with Crippen LogP contribution in [0.2, 0.25) is 0 Å². The Morgan fingerprint density at radius 2 is 2.06 bits per heavy atom. The molecular formula is C15H32N2O. The predicted octanol–water partition coefficient (Wildman–Crippen LogP) is 2.51. The summed E-state index contributed by atoms with van der Waals surface area (Å²) in [5.41, 5.74) is 0. The lowest BCUT2D eigenvalue weighted by molar-refractivity contribution is 0.0933. The molecular weight excluding hydrogens is 224 g/mol. The van der Waals surface area contributed by atoms with Gasteiger partial charge >= 0.3 is 0 Å². The zero-order valence-electron chi connectivity index (χ0n) is 12.7. The van der Waals surface area contributed by atoms with E-state index in [4.69, 9.17) is 4.74 Å². The first kappa shape index (κ1) is 15.9.